The summed E-state index contributed by atoms with van der Waals surface area (Å²) in [5.41, 5.74) is 2.15. The Morgan fingerprint density at radius 3 is 2.41 bits per heavy atom. The number of rotatable bonds is 10. The lowest BCUT2D eigenvalue weighted by atomic mass is 10.1. The predicted molar refractivity (Wildman–Crippen MR) is 107 cm³/mol. The van der Waals surface area contributed by atoms with Crippen LogP contribution in [0.5, 0.6) is 5.75 Å². The molecule has 2 aromatic carbocycles. The van der Waals surface area contributed by atoms with Crippen molar-refractivity contribution in [3.05, 3.63) is 65.5 Å². The average Bonchev–Trinajstić information content (AvgIpc) is 2.73. The third kappa shape index (κ3) is 7.40. The summed E-state index contributed by atoms with van der Waals surface area (Å²) >= 11 is 0. The summed E-state index contributed by atoms with van der Waals surface area (Å²) in [6.45, 7) is 0.876. The highest BCUT2D eigenvalue weighted by Crippen LogP contribution is 2.21. The number of hydrogen-bond donors (Lipinski definition) is 2. The molecule has 1 saturated heterocycles. The molecule has 1 aliphatic heterocycles. The van der Waals surface area contributed by atoms with E-state index < -0.39 is 12.4 Å². The summed E-state index contributed by atoms with van der Waals surface area (Å²) in [6.07, 6.45) is 2.47. The second-order valence-corrected chi connectivity index (χ2v) is 7.38. The van der Waals surface area contributed by atoms with Crippen LogP contribution in [0.2, 0.25) is 0 Å². The van der Waals surface area contributed by atoms with Gasteiger partial charge in [0.25, 0.3) is 0 Å². The van der Waals surface area contributed by atoms with Crippen molar-refractivity contribution in [1.82, 2.24) is 0 Å². The van der Waals surface area contributed by atoms with Crippen LogP contribution in [0.3, 0.4) is 0 Å². The van der Waals surface area contributed by atoms with E-state index in [4.69, 9.17) is 19.3 Å². The van der Waals surface area contributed by atoms with Gasteiger partial charge in [0, 0.05) is 19.4 Å². The lowest BCUT2D eigenvalue weighted by molar-refractivity contribution is -0.221. The van der Waals surface area contributed by atoms with Crippen LogP contribution in [0.15, 0.2) is 48.5 Å². The molecule has 1 heterocycles. The highest BCUT2D eigenvalue weighted by molar-refractivity contribution is 5.28. The van der Waals surface area contributed by atoms with Gasteiger partial charge in [0.1, 0.15) is 18.2 Å². The van der Waals surface area contributed by atoms with Gasteiger partial charge in [-0.15, -0.1) is 0 Å². The quantitative estimate of drug-likeness (QED) is 0.592. The number of aryl methyl sites for hydroxylation is 1. The highest BCUT2D eigenvalue weighted by Gasteiger charge is 2.28. The third-order valence-corrected chi connectivity index (χ3v) is 4.95. The number of benzene rings is 2. The van der Waals surface area contributed by atoms with Crippen LogP contribution >= 0.6 is 0 Å². The molecule has 0 saturated carbocycles. The summed E-state index contributed by atoms with van der Waals surface area (Å²) in [5.74, 6) is 0.537. The minimum absolute atomic E-state index is 0.0967. The molecule has 29 heavy (non-hydrogen) atoms. The van der Waals surface area contributed by atoms with Crippen molar-refractivity contribution in [2.45, 2.75) is 57.2 Å². The van der Waals surface area contributed by atoms with Crippen LogP contribution < -0.4 is 4.74 Å². The van der Waals surface area contributed by atoms with Gasteiger partial charge in [0.15, 0.2) is 6.29 Å². The van der Waals surface area contributed by atoms with Crippen molar-refractivity contribution in [3.8, 4) is 5.75 Å². The first-order valence-electron chi connectivity index (χ1n) is 10.1. The van der Waals surface area contributed by atoms with Gasteiger partial charge < -0.3 is 24.4 Å². The Kier molecular flexibility index (Phi) is 8.43. The Hall–Kier alpha value is -1.99. The molecule has 0 aliphatic carbocycles. The Morgan fingerprint density at radius 1 is 0.966 bits per heavy atom. The van der Waals surface area contributed by atoms with Crippen molar-refractivity contribution in [1.29, 1.82) is 0 Å². The maximum Gasteiger partial charge on any atom is 0.160 e. The van der Waals surface area contributed by atoms with Gasteiger partial charge >= 0.3 is 0 Å². The maximum absolute atomic E-state index is 12.9. The first-order chi connectivity index (χ1) is 14.1. The Morgan fingerprint density at radius 2 is 1.69 bits per heavy atom. The zero-order chi connectivity index (χ0) is 20.5. The second-order valence-electron chi connectivity index (χ2n) is 7.38. The number of ether oxygens (including phenoxy) is 3. The first-order valence-corrected chi connectivity index (χ1v) is 10.1. The number of aliphatic hydroxyl groups is 2. The van der Waals surface area contributed by atoms with E-state index in [9.17, 15) is 9.50 Å². The van der Waals surface area contributed by atoms with Crippen LogP contribution in [-0.2, 0) is 22.5 Å². The van der Waals surface area contributed by atoms with Gasteiger partial charge in [-0.05, 0) is 54.7 Å². The van der Waals surface area contributed by atoms with Crippen molar-refractivity contribution in [3.63, 3.8) is 0 Å². The average molecular weight is 404 g/mol. The first kappa shape index (κ1) is 21.7. The summed E-state index contributed by atoms with van der Waals surface area (Å²) < 4.78 is 29.9. The summed E-state index contributed by atoms with van der Waals surface area (Å²) in [4.78, 5) is 0. The lowest BCUT2D eigenvalue weighted by Gasteiger charge is -2.32. The zero-order valence-electron chi connectivity index (χ0n) is 16.5. The molecule has 0 amide bonds. The number of halogens is 1. The minimum Gasteiger partial charge on any atom is -0.489 e. The highest BCUT2D eigenvalue weighted by atomic mass is 19.1. The molecule has 3 rings (SSSR count). The van der Waals surface area contributed by atoms with Crippen LogP contribution in [0.25, 0.3) is 0 Å². The van der Waals surface area contributed by atoms with Gasteiger partial charge in [0.2, 0.25) is 0 Å². The van der Waals surface area contributed by atoms with Crippen LogP contribution in [0.4, 0.5) is 4.39 Å². The molecule has 0 radical (unpaired) electrons. The lowest BCUT2D eigenvalue weighted by Crippen LogP contribution is -2.39. The fourth-order valence-electron chi connectivity index (χ4n) is 3.32. The summed E-state index contributed by atoms with van der Waals surface area (Å²) in [5, 5.41) is 18.9. The van der Waals surface area contributed by atoms with Gasteiger partial charge in [-0.25, -0.2) is 4.39 Å². The van der Waals surface area contributed by atoms with Gasteiger partial charge in [-0.3, -0.25) is 0 Å². The fourth-order valence-corrected chi connectivity index (χ4v) is 3.32. The van der Waals surface area contributed by atoms with E-state index >= 15 is 0 Å². The van der Waals surface area contributed by atoms with Gasteiger partial charge in [-0.1, -0.05) is 24.3 Å². The molecule has 3 atom stereocenters. The molecule has 2 aromatic rings. The normalized spacial score (nSPS) is 21.8. The smallest absolute Gasteiger partial charge is 0.160 e. The molecule has 0 aromatic heterocycles. The molecule has 158 valence electrons. The molecule has 3 unspecified atom stereocenters. The van der Waals surface area contributed by atoms with E-state index in [1.54, 1.807) is 12.1 Å². The Labute approximate surface area is 171 Å². The van der Waals surface area contributed by atoms with Crippen molar-refractivity contribution >= 4 is 0 Å². The SMILES string of the molecule is OCC1CC(O)CC(OCCCCc2ccc(OCc3ccc(F)cc3)cc2)O1. The van der Waals surface area contributed by atoms with Crippen molar-refractivity contribution in [2.75, 3.05) is 13.2 Å². The molecule has 1 aliphatic rings. The van der Waals surface area contributed by atoms with Gasteiger partial charge in [0.05, 0.1) is 18.8 Å². The fraction of sp³-hybridized carbons (Fsp3) is 0.478. The van der Waals surface area contributed by atoms with E-state index in [0.29, 0.717) is 26.1 Å². The second kappa shape index (κ2) is 11.3. The monoisotopic (exact) mass is 404 g/mol. The molecule has 1 fully saturated rings. The largest absolute Gasteiger partial charge is 0.489 e. The van der Waals surface area contributed by atoms with Crippen LogP contribution in [-0.4, -0.2) is 41.9 Å². The molecular formula is C23H29FO5. The van der Waals surface area contributed by atoms with Crippen LogP contribution in [0.1, 0.15) is 36.8 Å². The van der Waals surface area contributed by atoms with Crippen LogP contribution in [0, 0.1) is 5.82 Å². The summed E-state index contributed by atoms with van der Waals surface area (Å²) in [7, 11) is 0. The standard InChI is InChI=1S/C23H29FO5/c24-19-8-4-18(5-9-19)16-28-21-10-6-17(7-11-21)3-1-2-12-27-23-14-20(26)13-22(15-25)29-23/h4-11,20,22-23,25-26H,1-3,12-16H2. The van der Waals surface area contributed by atoms with Crippen molar-refractivity contribution < 1.29 is 28.8 Å². The van der Waals surface area contributed by atoms with E-state index in [1.165, 1.54) is 17.7 Å². The number of hydrogen-bond acceptors (Lipinski definition) is 5. The zero-order valence-corrected chi connectivity index (χ0v) is 16.5. The molecular weight excluding hydrogens is 375 g/mol. The van der Waals surface area contributed by atoms with E-state index in [-0.39, 0.29) is 18.5 Å². The molecule has 2 N–H and O–H groups in total. The Bertz CT molecular complexity index is 719. The number of unbranched alkanes of at least 4 members (excludes halogenated alkanes) is 1. The van der Waals surface area contributed by atoms with Gasteiger partial charge in [-0.2, -0.15) is 0 Å². The number of aliphatic hydroxyl groups excluding tert-OH is 2. The predicted octanol–water partition coefficient (Wildman–Crippen LogP) is 3.60. The molecule has 5 nitrogen and oxygen atoms in total. The molecule has 0 spiro atoms. The van der Waals surface area contributed by atoms with E-state index in [1.807, 2.05) is 24.3 Å². The molecule has 6 heteroatoms. The minimum atomic E-state index is -0.477. The Balaban J connectivity index is 1.31. The van der Waals surface area contributed by atoms with E-state index in [2.05, 4.69) is 0 Å². The van der Waals surface area contributed by atoms with Crippen molar-refractivity contribution in [2.24, 2.45) is 0 Å². The maximum atomic E-state index is 12.9. The van der Waals surface area contributed by atoms with E-state index in [0.717, 1.165) is 30.6 Å². The summed E-state index contributed by atoms with van der Waals surface area (Å²) in [6, 6.07) is 14.3. The molecule has 0 bridgehead atoms. The topological polar surface area (TPSA) is 68.2 Å². The third-order valence-electron chi connectivity index (χ3n) is 4.95.